The smallest absolute Gasteiger partial charge is 0.128 e. The second-order valence-electron chi connectivity index (χ2n) is 4.05. The molecular weight excluding hydrogens is 488 g/mol. The first-order chi connectivity index (χ1) is 9.02. The minimum Gasteiger partial charge on any atom is -0.309 e. The Labute approximate surface area is 142 Å². The van der Waals surface area contributed by atoms with Gasteiger partial charge in [-0.2, -0.15) is 0 Å². The van der Waals surface area contributed by atoms with Crippen molar-refractivity contribution < 1.29 is 4.39 Å². The van der Waals surface area contributed by atoms with Crippen molar-refractivity contribution in [3.05, 3.63) is 65.9 Å². The Bertz CT molecular complexity index is 552. The van der Waals surface area contributed by atoms with E-state index in [1.54, 1.807) is 6.07 Å². The highest BCUT2D eigenvalue weighted by atomic mass is 127. The van der Waals surface area contributed by atoms with Gasteiger partial charge >= 0.3 is 0 Å². The number of halogens is 4. The molecule has 5 heteroatoms. The third-order valence-corrected chi connectivity index (χ3v) is 4.80. The lowest BCUT2D eigenvalue weighted by molar-refractivity contribution is 0.575. The molecule has 0 fully saturated rings. The van der Waals surface area contributed by atoms with E-state index in [1.165, 1.54) is 6.07 Å². The fraction of sp³-hybridized carbons (Fsp3) is 0.143. The molecule has 0 heterocycles. The zero-order valence-corrected chi connectivity index (χ0v) is 15.4. The molecule has 0 spiro atoms. The molecule has 2 rings (SSSR count). The molecule has 1 N–H and O–H groups in total. The summed E-state index contributed by atoms with van der Waals surface area (Å²) in [5, 5.41) is 3.18. The maximum atomic E-state index is 14.0. The maximum absolute atomic E-state index is 14.0. The van der Waals surface area contributed by atoms with Crippen molar-refractivity contribution in [1.29, 1.82) is 0 Å². The fourth-order valence-corrected chi connectivity index (χ4v) is 3.35. The van der Waals surface area contributed by atoms with Crippen LogP contribution in [0.4, 0.5) is 4.39 Å². The lowest BCUT2D eigenvalue weighted by Gasteiger charge is -2.20. The van der Waals surface area contributed by atoms with Gasteiger partial charge in [-0.05, 0) is 71.6 Å². The van der Waals surface area contributed by atoms with Crippen molar-refractivity contribution in [3.63, 3.8) is 0 Å². The highest BCUT2D eigenvalue weighted by Crippen LogP contribution is 2.31. The van der Waals surface area contributed by atoms with Crippen molar-refractivity contribution >= 4 is 54.5 Å². The molecule has 0 aliphatic carbocycles. The average Bonchev–Trinajstić information content (AvgIpc) is 2.38. The lowest BCUT2D eigenvalue weighted by Crippen LogP contribution is -2.20. The van der Waals surface area contributed by atoms with Crippen LogP contribution in [0.25, 0.3) is 0 Å². The van der Waals surface area contributed by atoms with Crippen molar-refractivity contribution in [2.75, 3.05) is 7.05 Å². The summed E-state index contributed by atoms with van der Waals surface area (Å²) in [4.78, 5) is 0. The molecule has 0 radical (unpaired) electrons. The van der Waals surface area contributed by atoms with E-state index < -0.39 is 0 Å². The molecule has 0 aromatic heterocycles. The molecule has 19 heavy (non-hydrogen) atoms. The van der Waals surface area contributed by atoms with Crippen molar-refractivity contribution in [2.45, 2.75) is 6.04 Å². The molecule has 0 amide bonds. The van der Waals surface area contributed by atoms with Crippen LogP contribution >= 0.6 is 54.5 Å². The minimum atomic E-state index is -0.210. The molecule has 1 nitrogen and oxygen atoms in total. The summed E-state index contributed by atoms with van der Waals surface area (Å²) in [5.74, 6) is -0.210. The predicted molar refractivity (Wildman–Crippen MR) is 91.9 cm³/mol. The van der Waals surface area contributed by atoms with E-state index in [4.69, 9.17) is 0 Å². The highest BCUT2D eigenvalue weighted by Gasteiger charge is 2.19. The molecule has 0 bridgehead atoms. The quantitative estimate of drug-likeness (QED) is 0.569. The second kappa shape index (κ2) is 6.65. The predicted octanol–water partition coefficient (Wildman–Crippen LogP) is 5.26. The topological polar surface area (TPSA) is 12.0 Å². The van der Waals surface area contributed by atoms with E-state index in [1.807, 2.05) is 31.3 Å². The summed E-state index contributed by atoms with van der Waals surface area (Å²) in [5.41, 5.74) is 1.68. The number of rotatable bonds is 3. The second-order valence-corrected chi connectivity index (χ2v) is 7.05. The summed E-state index contributed by atoms with van der Waals surface area (Å²) in [6.07, 6.45) is 0. The lowest BCUT2D eigenvalue weighted by atomic mass is 9.98. The number of hydrogen-bond donors (Lipinski definition) is 1. The van der Waals surface area contributed by atoms with Gasteiger partial charge in [0.25, 0.3) is 0 Å². The Kier molecular flexibility index (Phi) is 5.39. The van der Waals surface area contributed by atoms with Crippen molar-refractivity contribution in [1.82, 2.24) is 5.32 Å². The minimum absolute atomic E-state index is 0.179. The summed E-state index contributed by atoms with van der Waals surface area (Å²) in [7, 11) is 1.84. The van der Waals surface area contributed by atoms with E-state index in [0.29, 0.717) is 5.56 Å². The third-order valence-electron chi connectivity index (χ3n) is 2.83. The van der Waals surface area contributed by atoms with Crippen molar-refractivity contribution in [3.8, 4) is 0 Å². The largest absolute Gasteiger partial charge is 0.309 e. The summed E-state index contributed by atoms with van der Waals surface area (Å²) in [6.45, 7) is 0. The van der Waals surface area contributed by atoms with E-state index in [9.17, 15) is 4.39 Å². The van der Waals surface area contributed by atoms with Crippen LogP contribution in [0, 0.1) is 9.39 Å². The van der Waals surface area contributed by atoms with E-state index in [-0.39, 0.29) is 11.9 Å². The highest BCUT2D eigenvalue weighted by molar-refractivity contribution is 14.1. The Balaban J connectivity index is 2.55. The molecule has 100 valence electrons. The average molecular weight is 499 g/mol. The summed E-state index contributed by atoms with van der Waals surface area (Å²) >= 11 is 9.13. The van der Waals surface area contributed by atoms with Gasteiger partial charge in [0.2, 0.25) is 0 Å². The van der Waals surface area contributed by atoms with Crippen LogP contribution in [0.5, 0.6) is 0 Å². The Morgan fingerprint density at radius 2 is 1.63 bits per heavy atom. The Morgan fingerprint density at radius 1 is 1.05 bits per heavy atom. The zero-order chi connectivity index (χ0) is 14.0. The standard InChI is InChI=1S/C14H11Br2FIN/c1-19-14(10-6-8(15)2-4-12(10)17)11-7-9(16)3-5-13(11)18/h2-7,14,19H,1H3. The van der Waals surface area contributed by atoms with Gasteiger partial charge in [0.05, 0.1) is 6.04 Å². The summed E-state index contributed by atoms with van der Waals surface area (Å²) < 4.78 is 17.0. The molecule has 2 aromatic rings. The van der Waals surface area contributed by atoms with Gasteiger partial charge in [0.1, 0.15) is 5.82 Å². The van der Waals surface area contributed by atoms with Gasteiger partial charge in [0, 0.05) is 18.1 Å². The maximum Gasteiger partial charge on any atom is 0.128 e. The van der Waals surface area contributed by atoms with Crippen LogP contribution in [0.1, 0.15) is 17.2 Å². The third kappa shape index (κ3) is 3.56. The first-order valence-corrected chi connectivity index (χ1v) is 8.26. The van der Waals surface area contributed by atoms with Crippen LogP contribution in [-0.2, 0) is 0 Å². The number of nitrogens with one attached hydrogen (secondary N) is 1. The molecular formula is C14H11Br2FIN. The fourth-order valence-electron chi connectivity index (χ4n) is 1.95. The van der Waals surface area contributed by atoms with Crippen LogP contribution in [0.15, 0.2) is 45.3 Å². The SMILES string of the molecule is CNC(c1cc(Br)ccc1F)c1cc(Br)ccc1I. The normalized spacial score (nSPS) is 12.5. The monoisotopic (exact) mass is 497 g/mol. The van der Waals surface area contributed by atoms with Gasteiger partial charge < -0.3 is 5.32 Å². The van der Waals surface area contributed by atoms with Gasteiger partial charge in [0.15, 0.2) is 0 Å². The van der Waals surface area contributed by atoms with Crippen molar-refractivity contribution in [2.24, 2.45) is 0 Å². The van der Waals surface area contributed by atoms with E-state index in [0.717, 1.165) is 18.1 Å². The molecule has 0 aliphatic heterocycles. The van der Waals surface area contributed by atoms with E-state index >= 15 is 0 Å². The van der Waals surface area contributed by atoms with Crippen LogP contribution in [0.2, 0.25) is 0 Å². The molecule has 1 atom stereocenters. The van der Waals surface area contributed by atoms with Gasteiger partial charge in [-0.25, -0.2) is 4.39 Å². The Hall–Kier alpha value is 0.0200. The van der Waals surface area contributed by atoms with Gasteiger partial charge in [-0.15, -0.1) is 0 Å². The zero-order valence-electron chi connectivity index (χ0n) is 10.1. The first kappa shape index (κ1) is 15.4. The van der Waals surface area contributed by atoms with Crippen LogP contribution < -0.4 is 5.32 Å². The number of hydrogen-bond acceptors (Lipinski definition) is 1. The molecule has 0 saturated heterocycles. The molecule has 0 saturated carbocycles. The van der Waals surface area contributed by atoms with Crippen LogP contribution in [-0.4, -0.2) is 7.05 Å². The molecule has 1 unspecified atom stereocenters. The van der Waals surface area contributed by atoms with E-state index in [2.05, 4.69) is 59.8 Å². The molecule has 2 aromatic carbocycles. The van der Waals surface area contributed by atoms with Gasteiger partial charge in [-0.3, -0.25) is 0 Å². The molecule has 0 aliphatic rings. The summed E-state index contributed by atoms with van der Waals surface area (Å²) in [6, 6.07) is 10.8. The van der Waals surface area contributed by atoms with Gasteiger partial charge in [-0.1, -0.05) is 31.9 Å². The van der Waals surface area contributed by atoms with Crippen LogP contribution in [0.3, 0.4) is 0 Å². The first-order valence-electron chi connectivity index (χ1n) is 5.60. The Morgan fingerprint density at radius 3 is 2.26 bits per heavy atom. The number of benzene rings is 2.